The zero-order chi connectivity index (χ0) is 18.4. The lowest BCUT2D eigenvalue weighted by Crippen LogP contribution is -2.22. The van der Waals surface area contributed by atoms with E-state index < -0.39 is 5.97 Å². The average Bonchev–Trinajstić information content (AvgIpc) is 2.99. The molecule has 1 amide bonds. The van der Waals surface area contributed by atoms with Gasteiger partial charge in [0, 0.05) is 0 Å². The third-order valence-electron chi connectivity index (χ3n) is 3.65. The molecule has 0 aliphatic rings. The Morgan fingerprint density at radius 2 is 1.81 bits per heavy atom. The van der Waals surface area contributed by atoms with Crippen molar-refractivity contribution in [3.05, 3.63) is 59.4 Å². The Balaban J connectivity index is 1.78. The number of rotatable bonds is 6. The first-order valence-corrected chi connectivity index (χ1v) is 8.89. The van der Waals surface area contributed by atoms with Crippen LogP contribution in [0.25, 0.3) is 10.2 Å². The number of methoxy groups -OCH3 is 1. The van der Waals surface area contributed by atoms with E-state index in [4.69, 9.17) is 9.47 Å². The van der Waals surface area contributed by atoms with Gasteiger partial charge in [-0.15, -0.1) is 0 Å². The fourth-order valence-electron chi connectivity index (χ4n) is 2.39. The van der Waals surface area contributed by atoms with Crippen LogP contribution >= 0.6 is 11.3 Å². The Hall–Kier alpha value is -2.93. The van der Waals surface area contributed by atoms with Crippen molar-refractivity contribution in [1.29, 1.82) is 0 Å². The summed E-state index contributed by atoms with van der Waals surface area (Å²) in [6.07, 6.45) is 0.154. The van der Waals surface area contributed by atoms with E-state index in [1.165, 1.54) is 18.4 Å². The van der Waals surface area contributed by atoms with Crippen LogP contribution in [0.2, 0.25) is 0 Å². The minimum Gasteiger partial charge on any atom is -0.493 e. The molecule has 0 unspecified atom stereocenters. The molecule has 0 saturated carbocycles. The molecule has 0 saturated heterocycles. The van der Waals surface area contributed by atoms with Crippen molar-refractivity contribution >= 4 is 33.4 Å². The van der Waals surface area contributed by atoms with Gasteiger partial charge >= 0.3 is 5.97 Å². The third kappa shape index (κ3) is 4.37. The number of carbonyl (C=O) groups is 2. The first-order valence-electron chi connectivity index (χ1n) is 8.08. The Kier molecular flexibility index (Phi) is 5.80. The minimum atomic E-state index is -0.394. The standard InChI is InChI=1S/C19H18N2O4S/c1-24-18(23)13-21-15-9-5-6-10-16(15)26-19(21)20-17(22)11-12-25-14-7-3-2-4-8-14/h2-10H,11-13H2,1H3. The Morgan fingerprint density at radius 1 is 1.08 bits per heavy atom. The molecule has 0 N–H and O–H groups in total. The van der Waals surface area contributed by atoms with Gasteiger partial charge in [-0.2, -0.15) is 4.99 Å². The molecule has 0 aliphatic heterocycles. The van der Waals surface area contributed by atoms with Crippen LogP contribution in [0.15, 0.2) is 59.6 Å². The number of para-hydroxylation sites is 2. The number of esters is 1. The van der Waals surface area contributed by atoms with Gasteiger partial charge in [0.1, 0.15) is 12.3 Å². The number of hydrogen-bond acceptors (Lipinski definition) is 5. The van der Waals surface area contributed by atoms with E-state index in [1.54, 1.807) is 4.57 Å². The number of fused-ring (bicyclic) bond motifs is 1. The molecule has 0 atom stereocenters. The van der Waals surface area contributed by atoms with Crippen LogP contribution in [0.5, 0.6) is 5.75 Å². The zero-order valence-corrected chi connectivity index (χ0v) is 15.1. The smallest absolute Gasteiger partial charge is 0.325 e. The lowest BCUT2D eigenvalue weighted by molar-refractivity contribution is -0.141. The molecule has 0 bridgehead atoms. The highest BCUT2D eigenvalue weighted by Crippen LogP contribution is 2.16. The van der Waals surface area contributed by atoms with Crippen molar-refractivity contribution in [2.45, 2.75) is 13.0 Å². The van der Waals surface area contributed by atoms with Crippen LogP contribution in [0, 0.1) is 0 Å². The fourth-order valence-corrected chi connectivity index (χ4v) is 3.43. The summed E-state index contributed by atoms with van der Waals surface area (Å²) >= 11 is 1.36. The summed E-state index contributed by atoms with van der Waals surface area (Å²) in [6, 6.07) is 16.9. The molecule has 2 aromatic carbocycles. The number of nitrogens with zero attached hydrogens (tertiary/aromatic N) is 2. The van der Waals surface area contributed by atoms with E-state index in [1.807, 2.05) is 54.6 Å². The second-order valence-corrected chi connectivity index (χ2v) is 6.44. The number of thiazole rings is 1. The molecule has 3 aromatic rings. The van der Waals surface area contributed by atoms with E-state index in [0.29, 0.717) is 10.6 Å². The molecular formula is C19H18N2O4S. The molecule has 0 radical (unpaired) electrons. The lowest BCUT2D eigenvalue weighted by atomic mass is 10.3. The zero-order valence-electron chi connectivity index (χ0n) is 14.3. The summed E-state index contributed by atoms with van der Waals surface area (Å²) < 4.78 is 12.9. The van der Waals surface area contributed by atoms with E-state index in [2.05, 4.69) is 4.99 Å². The SMILES string of the molecule is COC(=O)Cn1c(=NC(=O)CCOc2ccccc2)sc2ccccc21. The van der Waals surface area contributed by atoms with Crippen LogP contribution in [0.3, 0.4) is 0 Å². The number of aromatic nitrogens is 1. The summed E-state index contributed by atoms with van der Waals surface area (Å²) in [5.74, 6) is 0.0175. The van der Waals surface area contributed by atoms with Gasteiger partial charge < -0.3 is 14.0 Å². The van der Waals surface area contributed by atoms with E-state index >= 15 is 0 Å². The van der Waals surface area contributed by atoms with Gasteiger partial charge in [-0.05, 0) is 24.3 Å². The Bertz CT molecular complexity index is 976. The van der Waals surface area contributed by atoms with Gasteiger partial charge in [0.05, 0.1) is 30.4 Å². The highest BCUT2D eigenvalue weighted by molar-refractivity contribution is 7.16. The van der Waals surface area contributed by atoms with Gasteiger partial charge in [-0.3, -0.25) is 9.59 Å². The van der Waals surface area contributed by atoms with Crippen molar-refractivity contribution in [1.82, 2.24) is 4.57 Å². The van der Waals surface area contributed by atoms with Gasteiger partial charge in [0.25, 0.3) is 5.91 Å². The summed E-state index contributed by atoms with van der Waals surface area (Å²) in [6.45, 7) is 0.251. The Labute approximate surface area is 154 Å². The Morgan fingerprint density at radius 3 is 2.58 bits per heavy atom. The van der Waals surface area contributed by atoms with Gasteiger partial charge in [-0.25, -0.2) is 0 Å². The molecule has 6 nitrogen and oxygen atoms in total. The number of ether oxygens (including phenoxy) is 2. The van der Waals surface area contributed by atoms with Crippen LogP contribution < -0.4 is 9.54 Å². The number of amides is 1. The summed E-state index contributed by atoms with van der Waals surface area (Å²) in [4.78, 5) is 28.6. The van der Waals surface area contributed by atoms with Crippen LogP contribution in [-0.2, 0) is 20.9 Å². The summed E-state index contributed by atoms with van der Waals surface area (Å²) in [7, 11) is 1.33. The highest BCUT2D eigenvalue weighted by Gasteiger charge is 2.11. The molecule has 134 valence electrons. The highest BCUT2D eigenvalue weighted by atomic mass is 32.1. The predicted molar refractivity (Wildman–Crippen MR) is 99.0 cm³/mol. The second kappa shape index (κ2) is 8.44. The van der Waals surface area contributed by atoms with Crippen molar-refractivity contribution in [2.75, 3.05) is 13.7 Å². The van der Waals surface area contributed by atoms with Crippen LogP contribution in [0.4, 0.5) is 0 Å². The monoisotopic (exact) mass is 370 g/mol. The lowest BCUT2D eigenvalue weighted by Gasteiger charge is -2.04. The van der Waals surface area contributed by atoms with Crippen LogP contribution in [0.1, 0.15) is 6.42 Å². The molecule has 3 rings (SSSR count). The third-order valence-corrected chi connectivity index (χ3v) is 4.71. The van der Waals surface area contributed by atoms with Crippen molar-refractivity contribution < 1.29 is 19.1 Å². The van der Waals surface area contributed by atoms with Crippen molar-refractivity contribution in [3.8, 4) is 5.75 Å². The molecule has 0 fully saturated rings. The maximum atomic E-state index is 12.2. The minimum absolute atomic E-state index is 0.00709. The molecule has 1 aromatic heterocycles. The van der Waals surface area contributed by atoms with Gasteiger partial charge in [0.15, 0.2) is 4.80 Å². The summed E-state index contributed by atoms with van der Waals surface area (Å²) in [5, 5.41) is 0. The normalized spacial score (nSPS) is 11.5. The summed E-state index contributed by atoms with van der Waals surface area (Å²) in [5.41, 5.74) is 0.843. The maximum Gasteiger partial charge on any atom is 0.325 e. The quantitative estimate of drug-likeness (QED) is 0.626. The van der Waals surface area contributed by atoms with Gasteiger partial charge in [-0.1, -0.05) is 41.7 Å². The molecular weight excluding hydrogens is 352 g/mol. The second-order valence-electron chi connectivity index (χ2n) is 5.43. The van der Waals surface area contributed by atoms with Crippen molar-refractivity contribution in [3.63, 3.8) is 0 Å². The molecule has 0 spiro atoms. The largest absolute Gasteiger partial charge is 0.493 e. The molecule has 7 heteroatoms. The molecule has 1 heterocycles. The average molecular weight is 370 g/mol. The first-order chi connectivity index (χ1) is 12.7. The van der Waals surface area contributed by atoms with Crippen LogP contribution in [-0.4, -0.2) is 30.2 Å². The van der Waals surface area contributed by atoms with E-state index in [-0.39, 0.29) is 25.5 Å². The van der Waals surface area contributed by atoms with E-state index in [9.17, 15) is 9.59 Å². The topological polar surface area (TPSA) is 69.9 Å². The number of carbonyl (C=O) groups excluding carboxylic acids is 2. The fraction of sp³-hybridized carbons (Fsp3) is 0.211. The number of hydrogen-bond donors (Lipinski definition) is 0. The molecule has 26 heavy (non-hydrogen) atoms. The molecule has 0 aliphatic carbocycles. The predicted octanol–water partition coefficient (Wildman–Crippen LogP) is 2.77. The first kappa shape index (κ1) is 17.9. The number of benzene rings is 2. The maximum absolute atomic E-state index is 12.2. The van der Waals surface area contributed by atoms with E-state index in [0.717, 1.165) is 10.2 Å². The van der Waals surface area contributed by atoms with Crippen molar-refractivity contribution in [2.24, 2.45) is 4.99 Å². The van der Waals surface area contributed by atoms with Gasteiger partial charge in [0.2, 0.25) is 0 Å².